The summed E-state index contributed by atoms with van der Waals surface area (Å²) >= 11 is 0. The van der Waals surface area contributed by atoms with Gasteiger partial charge in [-0.15, -0.1) is 0 Å². The summed E-state index contributed by atoms with van der Waals surface area (Å²) in [4.78, 5) is 19.9. The van der Waals surface area contributed by atoms with E-state index in [4.69, 9.17) is 24.4 Å². The Bertz CT molecular complexity index is 1410. The van der Waals surface area contributed by atoms with Crippen LogP contribution in [0.1, 0.15) is 56.5 Å². The molecule has 0 amide bonds. The minimum atomic E-state index is -0.231. The van der Waals surface area contributed by atoms with E-state index in [1.54, 1.807) is 0 Å². The summed E-state index contributed by atoms with van der Waals surface area (Å²) in [6.07, 6.45) is 5.01. The highest BCUT2D eigenvalue weighted by atomic mass is 16.5. The van der Waals surface area contributed by atoms with E-state index in [-0.39, 0.29) is 23.1 Å². The third kappa shape index (κ3) is 4.31. The van der Waals surface area contributed by atoms with Crippen LogP contribution in [-0.2, 0) is 21.3 Å². The standard InChI is InChI=1S/C31H39N7O2/c1-30(2)17-25-31(3,19-40-30)23-18-33-29(34-21-7-9-22(10-8-21)37-13-15-39-16-14-37)36-28(23)38(25)26-12-6-20-5-11-24(32-4)27(20)35-26/h6-10,12,18,24-25,32H,5,11,13-17,19H2,1-4H3,(H,33,34,36)/t24-,25-,31-/m0/s1. The molecule has 0 radical (unpaired) electrons. The number of hydrogen-bond acceptors (Lipinski definition) is 9. The summed E-state index contributed by atoms with van der Waals surface area (Å²) in [5, 5.41) is 6.90. The Morgan fingerprint density at radius 2 is 1.80 bits per heavy atom. The van der Waals surface area contributed by atoms with E-state index in [1.165, 1.54) is 11.3 Å². The van der Waals surface area contributed by atoms with Crippen LogP contribution < -0.4 is 20.4 Å². The van der Waals surface area contributed by atoms with Gasteiger partial charge >= 0.3 is 0 Å². The zero-order valence-corrected chi connectivity index (χ0v) is 23.9. The quantitative estimate of drug-likeness (QED) is 0.480. The number of fused-ring (bicyclic) bond motifs is 4. The molecule has 2 fully saturated rings. The molecule has 210 valence electrons. The van der Waals surface area contributed by atoms with Crippen LogP contribution in [-0.4, -0.2) is 66.6 Å². The lowest BCUT2D eigenvalue weighted by atomic mass is 9.73. The lowest BCUT2D eigenvalue weighted by Gasteiger charge is -2.46. The molecule has 3 aliphatic heterocycles. The molecular formula is C31H39N7O2. The van der Waals surface area contributed by atoms with E-state index < -0.39 is 0 Å². The molecule has 1 aliphatic carbocycles. The molecule has 4 aliphatic rings. The monoisotopic (exact) mass is 541 g/mol. The number of hydrogen-bond donors (Lipinski definition) is 2. The van der Waals surface area contributed by atoms with Crippen LogP contribution in [0.5, 0.6) is 0 Å². The van der Waals surface area contributed by atoms with Crippen LogP contribution in [0.3, 0.4) is 0 Å². The summed E-state index contributed by atoms with van der Waals surface area (Å²) in [5.74, 6) is 2.45. The first-order chi connectivity index (χ1) is 19.3. The fraction of sp³-hybridized carbons (Fsp3) is 0.516. The van der Waals surface area contributed by atoms with Crippen LogP contribution in [0.25, 0.3) is 0 Å². The molecule has 1 aromatic carbocycles. The number of aryl methyl sites for hydroxylation is 1. The smallest absolute Gasteiger partial charge is 0.229 e. The fourth-order valence-corrected chi connectivity index (χ4v) is 6.82. The molecule has 5 heterocycles. The second-order valence-electron chi connectivity index (χ2n) is 12.4. The van der Waals surface area contributed by atoms with Gasteiger partial charge in [0.05, 0.1) is 37.2 Å². The van der Waals surface area contributed by atoms with Gasteiger partial charge < -0.3 is 29.9 Å². The topological polar surface area (TPSA) is 87.7 Å². The van der Waals surface area contributed by atoms with Crippen LogP contribution in [0.4, 0.5) is 29.0 Å². The zero-order valence-electron chi connectivity index (χ0n) is 23.9. The van der Waals surface area contributed by atoms with Crippen LogP contribution in [0, 0.1) is 0 Å². The van der Waals surface area contributed by atoms with Crippen molar-refractivity contribution in [3.05, 3.63) is 59.4 Å². The highest BCUT2D eigenvalue weighted by molar-refractivity contribution is 5.71. The van der Waals surface area contributed by atoms with Crippen molar-refractivity contribution in [2.75, 3.05) is 55.1 Å². The maximum absolute atomic E-state index is 6.38. The van der Waals surface area contributed by atoms with E-state index in [0.29, 0.717) is 12.6 Å². The van der Waals surface area contributed by atoms with Crippen molar-refractivity contribution >= 4 is 29.0 Å². The molecule has 3 aromatic rings. The molecule has 2 N–H and O–H groups in total. The fourth-order valence-electron chi connectivity index (χ4n) is 6.82. The maximum Gasteiger partial charge on any atom is 0.229 e. The average Bonchev–Trinajstić information content (AvgIpc) is 3.49. The summed E-state index contributed by atoms with van der Waals surface area (Å²) in [7, 11) is 2.02. The highest BCUT2D eigenvalue weighted by Gasteiger charge is 2.55. The number of nitrogens with one attached hydrogen (secondary N) is 2. The van der Waals surface area contributed by atoms with Crippen LogP contribution in [0.15, 0.2) is 42.6 Å². The van der Waals surface area contributed by atoms with E-state index in [1.807, 2.05) is 13.2 Å². The summed E-state index contributed by atoms with van der Waals surface area (Å²) in [6.45, 7) is 10.7. The molecule has 2 aromatic heterocycles. The predicted molar refractivity (Wildman–Crippen MR) is 157 cm³/mol. The molecule has 40 heavy (non-hydrogen) atoms. The molecule has 0 bridgehead atoms. The molecule has 0 unspecified atom stereocenters. The second-order valence-corrected chi connectivity index (χ2v) is 12.4. The Morgan fingerprint density at radius 3 is 2.58 bits per heavy atom. The number of benzene rings is 1. The van der Waals surface area contributed by atoms with Gasteiger partial charge in [0.15, 0.2) is 0 Å². The Hall–Kier alpha value is -3.27. The van der Waals surface area contributed by atoms with Gasteiger partial charge in [-0.3, -0.25) is 0 Å². The summed E-state index contributed by atoms with van der Waals surface area (Å²) in [5.41, 5.74) is 5.32. The number of morpholine rings is 1. The highest BCUT2D eigenvalue weighted by Crippen LogP contribution is 2.53. The molecular weight excluding hydrogens is 502 g/mol. The Balaban J connectivity index is 1.24. The molecule has 0 saturated carbocycles. The maximum atomic E-state index is 6.38. The van der Waals surface area contributed by atoms with Gasteiger partial charge in [-0.25, -0.2) is 9.97 Å². The first-order valence-corrected chi connectivity index (χ1v) is 14.5. The van der Waals surface area contributed by atoms with Gasteiger partial charge in [-0.1, -0.05) is 13.0 Å². The third-order valence-corrected chi connectivity index (χ3v) is 9.23. The molecule has 9 nitrogen and oxygen atoms in total. The lowest BCUT2D eigenvalue weighted by Crippen LogP contribution is -2.54. The van der Waals surface area contributed by atoms with Crippen molar-refractivity contribution in [1.82, 2.24) is 20.3 Å². The lowest BCUT2D eigenvalue weighted by molar-refractivity contribution is -0.0893. The number of pyridine rings is 1. The second kappa shape index (κ2) is 9.68. The van der Waals surface area contributed by atoms with Gasteiger partial charge in [-0.05, 0) is 76.1 Å². The minimum absolute atomic E-state index is 0.170. The Morgan fingerprint density at radius 1 is 1.00 bits per heavy atom. The zero-order chi connectivity index (χ0) is 27.5. The van der Waals surface area contributed by atoms with E-state index in [9.17, 15) is 0 Å². The molecule has 0 spiro atoms. The molecule has 9 heteroatoms. The summed E-state index contributed by atoms with van der Waals surface area (Å²) < 4.78 is 11.9. The number of aromatic nitrogens is 3. The number of anilines is 5. The first-order valence-electron chi connectivity index (χ1n) is 14.5. The van der Waals surface area contributed by atoms with Gasteiger partial charge in [-0.2, -0.15) is 4.98 Å². The van der Waals surface area contributed by atoms with Gasteiger partial charge in [0.1, 0.15) is 11.6 Å². The van der Waals surface area contributed by atoms with Crippen molar-refractivity contribution < 1.29 is 9.47 Å². The Labute approximate surface area is 236 Å². The van der Waals surface area contributed by atoms with Gasteiger partial charge in [0.2, 0.25) is 5.95 Å². The minimum Gasteiger partial charge on any atom is -0.378 e. The molecule has 2 saturated heterocycles. The molecule has 3 atom stereocenters. The van der Waals surface area contributed by atoms with E-state index in [2.05, 4.69) is 77.6 Å². The largest absolute Gasteiger partial charge is 0.378 e. The van der Waals surface area contributed by atoms with E-state index in [0.717, 1.165) is 74.1 Å². The molecule has 7 rings (SSSR count). The number of ether oxygens (including phenoxy) is 2. The normalized spacial score (nSPS) is 26.8. The van der Waals surface area contributed by atoms with Crippen LogP contribution in [0.2, 0.25) is 0 Å². The van der Waals surface area contributed by atoms with Crippen molar-refractivity contribution in [1.29, 1.82) is 0 Å². The SMILES string of the molecule is CN[C@H]1CCc2ccc(N3c4nc(Nc5ccc(N6CCOCC6)cc5)ncc4[C@]4(C)COC(C)(C)C[C@H]34)nc21. The number of rotatable bonds is 5. The third-order valence-electron chi connectivity index (χ3n) is 9.23. The predicted octanol–water partition coefficient (Wildman–Crippen LogP) is 4.64. The van der Waals surface area contributed by atoms with E-state index >= 15 is 0 Å². The summed E-state index contributed by atoms with van der Waals surface area (Å²) in [6, 6.07) is 13.4. The van der Waals surface area contributed by atoms with Crippen molar-refractivity contribution in [2.45, 2.75) is 63.1 Å². The van der Waals surface area contributed by atoms with Crippen molar-refractivity contribution in [3.63, 3.8) is 0 Å². The Kier molecular flexibility index (Phi) is 6.21. The van der Waals surface area contributed by atoms with Gasteiger partial charge in [0.25, 0.3) is 0 Å². The van der Waals surface area contributed by atoms with Crippen molar-refractivity contribution in [3.8, 4) is 0 Å². The van der Waals surface area contributed by atoms with Crippen molar-refractivity contribution in [2.24, 2.45) is 0 Å². The average molecular weight is 542 g/mol. The van der Waals surface area contributed by atoms with Gasteiger partial charge in [0, 0.05) is 47.7 Å². The van der Waals surface area contributed by atoms with Crippen LogP contribution >= 0.6 is 0 Å². The first kappa shape index (κ1) is 25.7. The number of nitrogens with zero attached hydrogens (tertiary/aromatic N) is 5.